The average molecular weight is 641 g/mol. The van der Waals surface area contributed by atoms with E-state index in [0.717, 1.165) is 11.4 Å². The first-order chi connectivity index (χ1) is 22.9. The van der Waals surface area contributed by atoms with Crippen LogP contribution in [0, 0.1) is 5.82 Å². The van der Waals surface area contributed by atoms with Crippen LogP contribution < -0.4 is 14.8 Å². The van der Waals surface area contributed by atoms with Gasteiger partial charge in [-0.25, -0.2) is 14.4 Å². The van der Waals surface area contributed by atoms with Crippen molar-refractivity contribution in [2.45, 2.75) is 38.1 Å². The van der Waals surface area contributed by atoms with Crippen LogP contribution in [0.3, 0.4) is 0 Å². The number of halogens is 1. The van der Waals surface area contributed by atoms with Crippen molar-refractivity contribution in [1.29, 1.82) is 0 Å². The van der Waals surface area contributed by atoms with Crippen molar-refractivity contribution in [1.82, 2.24) is 24.3 Å². The highest BCUT2D eigenvalue weighted by Crippen LogP contribution is 2.34. The molecule has 0 fully saturated rings. The maximum atomic E-state index is 14.3. The van der Waals surface area contributed by atoms with E-state index in [0.29, 0.717) is 80.4 Å². The van der Waals surface area contributed by atoms with Crippen molar-refractivity contribution in [2.24, 2.45) is 0 Å². The number of nitrogens with one attached hydrogen (secondary N) is 1. The molecule has 2 bridgehead atoms. The van der Waals surface area contributed by atoms with Crippen molar-refractivity contribution >= 4 is 23.4 Å². The molecular weight excluding hydrogens is 603 g/mol. The van der Waals surface area contributed by atoms with Crippen LogP contribution >= 0.6 is 0 Å². The number of fused-ring (bicyclic) bond motifs is 5. The van der Waals surface area contributed by atoms with E-state index in [1.807, 2.05) is 35.0 Å². The van der Waals surface area contributed by atoms with Gasteiger partial charge in [-0.2, -0.15) is 0 Å². The van der Waals surface area contributed by atoms with Gasteiger partial charge in [0.25, 0.3) is 5.91 Å². The minimum Gasteiger partial charge on any atom is -0.492 e. The summed E-state index contributed by atoms with van der Waals surface area (Å²) in [4.78, 5) is 52.5. The minimum atomic E-state index is -0.784. The van der Waals surface area contributed by atoms with Crippen molar-refractivity contribution in [2.75, 3.05) is 45.2 Å². The van der Waals surface area contributed by atoms with Crippen LogP contribution in [0.15, 0.2) is 73.2 Å². The van der Waals surface area contributed by atoms with Crippen molar-refractivity contribution < 1.29 is 28.2 Å². The highest BCUT2D eigenvalue weighted by Gasteiger charge is 2.34. The molecule has 1 atom stereocenters. The third kappa shape index (κ3) is 7.43. The van der Waals surface area contributed by atoms with Gasteiger partial charge in [0, 0.05) is 68.5 Å². The fourth-order valence-electron chi connectivity index (χ4n) is 6.12. The van der Waals surface area contributed by atoms with Gasteiger partial charge in [-0.15, -0.1) is 0 Å². The Morgan fingerprint density at radius 1 is 0.957 bits per heavy atom. The van der Waals surface area contributed by atoms with Crippen molar-refractivity contribution in [3.8, 4) is 23.0 Å². The van der Waals surface area contributed by atoms with Gasteiger partial charge >= 0.3 is 0 Å². The summed E-state index contributed by atoms with van der Waals surface area (Å²) in [7, 11) is 1.52. The molecule has 11 nitrogen and oxygen atoms in total. The molecule has 6 rings (SSSR count). The molecule has 0 aliphatic carbocycles. The first kappa shape index (κ1) is 31.7. The van der Waals surface area contributed by atoms with Crippen LogP contribution in [0.4, 0.5) is 10.1 Å². The van der Waals surface area contributed by atoms with Gasteiger partial charge in [-0.1, -0.05) is 12.1 Å². The Balaban J connectivity index is 1.26. The van der Waals surface area contributed by atoms with E-state index in [1.54, 1.807) is 28.1 Å². The molecule has 3 amide bonds. The number of rotatable bonds is 3. The van der Waals surface area contributed by atoms with E-state index in [-0.39, 0.29) is 30.7 Å². The highest BCUT2D eigenvalue weighted by molar-refractivity contribution is 6.01. The number of aromatic nitrogens is 3. The van der Waals surface area contributed by atoms with Gasteiger partial charge in [-0.3, -0.25) is 14.4 Å². The second-order valence-corrected chi connectivity index (χ2v) is 11.6. The molecule has 2 aliphatic heterocycles. The standard InChI is InChI=1S/C35H37FN6O5/c1-46-32-11-8-25(23-38-32)34(44)42-14-3-2-13-41(35(45)29-22-31(43)39-30-10-9-26(36)21-28(29)30)16-5-15-40-17-12-37-33(40)24-6-4-7-27(20-24)47-19-18-42/h4,6-12,17,20-21,23,29H,2-3,5,13-16,18-19,22H2,1H3,(H,39,43). The van der Waals surface area contributed by atoms with Gasteiger partial charge in [0.15, 0.2) is 0 Å². The Bertz CT molecular complexity index is 1740. The number of aryl methyl sites for hydroxylation is 1. The lowest BCUT2D eigenvalue weighted by Crippen LogP contribution is -2.40. The highest BCUT2D eigenvalue weighted by atomic mass is 19.1. The third-order valence-corrected chi connectivity index (χ3v) is 8.51. The third-order valence-electron chi connectivity index (χ3n) is 8.51. The smallest absolute Gasteiger partial charge is 0.255 e. The number of carbonyl (C=O) groups is 3. The summed E-state index contributed by atoms with van der Waals surface area (Å²) in [6.45, 7) is 2.51. The van der Waals surface area contributed by atoms with E-state index >= 15 is 0 Å². The molecule has 0 saturated heterocycles. The van der Waals surface area contributed by atoms with Gasteiger partial charge in [0.1, 0.15) is 24.0 Å². The van der Waals surface area contributed by atoms with Crippen molar-refractivity contribution in [3.05, 3.63) is 90.1 Å². The quantitative estimate of drug-likeness (QED) is 0.343. The van der Waals surface area contributed by atoms with E-state index in [2.05, 4.69) is 15.3 Å². The second-order valence-electron chi connectivity index (χ2n) is 11.6. The number of pyridine rings is 1. The van der Waals surface area contributed by atoms with Crippen LogP contribution in [-0.4, -0.2) is 82.0 Å². The fraction of sp³-hybridized carbons (Fsp3) is 0.343. The monoisotopic (exact) mass is 640 g/mol. The molecule has 12 heteroatoms. The van der Waals surface area contributed by atoms with E-state index in [4.69, 9.17) is 9.47 Å². The first-order valence-electron chi connectivity index (χ1n) is 15.8. The maximum absolute atomic E-state index is 14.3. The number of anilines is 1. The topological polar surface area (TPSA) is 119 Å². The average Bonchev–Trinajstić information content (AvgIpc) is 3.56. The summed E-state index contributed by atoms with van der Waals surface area (Å²) in [6.07, 6.45) is 6.97. The molecule has 47 heavy (non-hydrogen) atoms. The number of hydrogen-bond donors (Lipinski definition) is 1. The van der Waals surface area contributed by atoms with Crippen LogP contribution in [0.5, 0.6) is 11.6 Å². The molecule has 4 aromatic rings. The van der Waals surface area contributed by atoms with Crippen LogP contribution in [0.2, 0.25) is 0 Å². The van der Waals surface area contributed by atoms with E-state index in [1.165, 1.54) is 31.5 Å². The number of amides is 3. The number of imidazole rings is 1. The number of carbonyl (C=O) groups excluding carboxylic acids is 3. The summed E-state index contributed by atoms with van der Waals surface area (Å²) in [6, 6.07) is 15.1. The summed E-state index contributed by atoms with van der Waals surface area (Å²) < 4.78 is 27.6. The molecule has 0 radical (unpaired) electrons. The summed E-state index contributed by atoms with van der Waals surface area (Å²) in [5, 5.41) is 2.76. The van der Waals surface area contributed by atoms with Gasteiger partial charge < -0.3 is 29.2 Å². The predicted octanol–water partition coefficient (Wildman–Crippen LogP) is 4.75. The lowest BCUT2D eigenvalue weighted by Gasteiger charge is -2.31. The van der Waals surface area contributed by atoms with Crippen LogP contribution in [0.25, 0.3) is 11.4 Å². The molecule has 0 spiro atoms. The Hall–Kier alpha value is -5.26. The maximum Gasteiger partial charge on any atom is 0.255 e. The number of methoxy groups -OCH3 is 1. The Morgan fingerprint density at radius 3 is 2.60 bits per heavy atom. The zero-order valence-corrected chi connectivity index (χ0v) is 26.2. The first-order valence-corrected chi connectivity index (χ1v) is 15.8. The fourth-order valence-corrected chi connectivity index (χ4v) is 6.12. The largest absolute Gasteiger partial charge is 0.492 e. The Kier molecular flexibility index (Phi) is 9.75. The van der Waals surface area contributed by atoms with Crippen LogP contribution in [-0.2, 0) is 16.1 Å². The van der Waals surface area contributed by atoms with Gasteiger partial charge in [0.05, 0.1) is 25.1 Å². The van der Waals surface area contributed by atoms with Gasteiger partial charge in [0.2, 0.25) is 17.7 Å². The number of nitrogens with zero attached hydrogens (tertiary/aromatic N) is 5. The second kappa shape index (κ2) is 14.4. The summed E-state index contributed by atoms with van der Waals surface area (Å²) in [5.74, 6) is -0.0553. The zero-order chi connectivity index (χ0) is 32.8. The van der Waals surface area contributed by atoms with Crippen LogP contribution in [0.1, 0.15) is 47.5 Å². The molecule has 244 valence electrons. The molecule has 1 N–H and O–H groups in total. The number of hydrogen-bond acceptors (Lipinski definition) is 7. The zero-order valence-electron chi connectivity index (χ0n) is 26.2. The lowest BCUT2D eigenvalue weighted by atomic mass is 9.89. The van der Waals surface area contributed by atoms with E-state index in [9.17, 15) is 18.8 Å². The normalized spacial score (nSPS) is 17.4. The molecule has 2 aromatic heterocycles. The minimum absolute atomic E-state index is 0.0496. The molecule has 0 saturated carbocycles. The number of ether oxygens (including phenoxy) is 2. The molecular formula is C35H37FN6O5. The Labute approximate surface area is 272 Å². The predicted molar refractivity (Wildman–Crippen MR) is 173 cm³/mol. The Morgan fingerprint density at radius 2 is 1.79 bits per heavy atom. The van der Waals surface area contributed by atoms with E-state index < -0.39 is 11.7 Å². The SMILES string of the molecule is COc1ccc(C(=O)N2CCCCN(C(=O)C3CC(=O)Nc4ccc(F)cc43)CCCn3ccnc3-c3cccc(c3)OCC2)cn1. The molecule has 4 heterocycles. The molecule has 1 unspecified atom stereocenters. The molecule has 2 aliphatic rings. The lowest BCUT2D eigenvalue weighted by molar-refractivity contribution is -0.135. The summed E-state index contributed by atoms with van der Waals surface area (Å²) in [5.41, 5.74) is 2.26. The summed E-state index contributed by atoms with van der Waals surface area (Å²) >= 11 is 0. The number of benzene rings is 2. The van der Waals surface area contributed by atoms with Crippen molar-refractivity contribution in [3.63, 3.8) is 0 Å². The molecule has 2 aromatic carbocycles. The van der Waals surface area contributed by atoms with Gasteiger partial charge in [-0.05, 0) is 61.2 Å².